The second-order valence-electron chi connectivity index (χ2n) is 20.6. The molecule has 0 aliphatic rings. The van der Waals surface area contributed by atoms with Crippen LogP contribution in [0.1, 0.15) is 310 Å². The monoisotopic (exact) mass is 1320 g/mol. The third-order valence-electron chi connectivity index (χ3n) is 13.1. The minimum absolute atomic E-state index is 0. The number of carboxylic acid groups (broad SMARTS) is 3. The summed E-state index contributed by atoms with van der Waals surface area (Å²) in [4.78, 5) is 65.3. The summed E-state index contributed by atoms with van der Waals surface area (Å²) < 4.78 is 15.0. The fraction of sp³-hybridized carbons (Fsp3) is 0.900. The van der Waals surface area contributed by atoms with Crippen molar-refractivity contribution < 1.29 is 80.7 Å². The number of ether oxygens (including phenoxy) is 3. The van der Waals surface area contributed by atoms with Crippen molar-refractivity contribution in [1.82, 2.24) is 0 Å². The van der Waals surface area contributed by atoms with Gasteiger partial charge in [-0.05, 0) is 19.3 Å². The molecule has 0 amide bonds. The number of thiol groups is 3. The number of esters is 3. The number of hydrogen-bond acceptors (Lipinski definition) is 15. The van der Waals surface area contributed by atoms with Gasteiger partial charge < -0.3 is 43.9 Å². The maximum absolute atomic E-state index is 11.4. The first-order valence-corrected chi connectivity index (χ1v) is 31.9. The molecule has 0 radical (unpaired) electrons. The number of unbranched alkanes of at least 4 members (excludes halogenated alkanes) is 39. The maximum Gasteiger partial charge on any atom is 3.00 e. The summed E-state index contributed by atoms with van der Waals surface area (Å²) in [6.45, 7) is 7.81. The largest absolute Gasteiger partial charge is 3.00 e. The number of carbonyl (C=O) groups is 6. The first kappa shape index (κ1) is 81.1. The number of carbonyl (C=O) groups excluding carboxylic acids is 6. The standard InChI is InChI=1S/3C20H38O4S.Au/c3*1-2-3-4-5-6-7-8-9-10-11-12-13-14-15-16-24-20(23)18(25)17-19(21)22;/h3*18,25H,2-17H2,1H3,(H,21,22);/q;;;+3/p-3. The molecule has 0 bridgehead atoms. The van der Waals surface area contributed by atoms with E-state index >= 15 is 0 Å². The van der Waals surface area contributed by atoms with Crippen molar-refractivity contribution in [2.75, 3.05) is 19.8 Å². The SMILES string of the molecule is CCCCCCCCCCCCCCCCOC(=O)C(S)CC(=O)[O-].CCCCCCCCCCCCCCCCOC(=O)C(S)CC(=O)[O-].CCCCCCCCCCCCCCCCOC(=O)C(S)CC(=O)[O-].[Au+3]. The molecule has 0 aromatic rings. The van der Waals surface area contributed by atoms with Gasteiger partial charge in [0.15, 0.2) is 0 Å². The predicted octanol–water partition coefficient (Wildman–Crippen LogP) is 13.3. The van der Waals surface area contributed by atoms with Gasteiger partial charge in [-0.1, -0.05) is 271 Å². The Morgan fingerprint density at radius 1 is 0.276 bits per heavy atom. The molecule has 0 spiro atoms. The van der Waals surface area contributed by atoms with Crippen molar-refractivity contribution in [2.24, 2.45) is 0 Å². The van der Waals surface area contributed by atoms with E-state index < -0.39 is 70.8 Å². The van der Waals surface area contributed by atoms with Crippen molar-refractivity contribution in [2.45, 2.75) is 325 Å². The minimum Gasteiger partial charge on any atom is -0.550 e. The molecule has 0 N–H and O–H groups in total. The summed E-state index contributed by atoms with van der Waals surface area (Å²) in [5.74, 6) is -5.55. The van der Waals surface area contributed by atoms with Crippen LogP contribution in [0.25, 0.3) is 0 Å². The number of aliphatic carboxylic acids is 3. The Kier molecular flexibility index (Phi) is 70.5. The number of carboxylic acids is 3. The summed E-state index contributed by atoms with van der Waals surface area (Å²) in [6, 6.07) is 0. The number of rotatable bonds is 54. The zero-order valence-corrected chi connectivity index (χ0v) is 53.1. The van der Waals surface area contributed by atoms with E-state index in [-0.39, 0.29) is 22.4 Å². The zero-order valence-electron chi connectivity index (χ0n) is 48.2. The average molecular weight is 1320 g/mol. The summed E-state index contributed by atoms with van der Waals surface area (Å²) in [5.41, 5.74) is 0. The van der Waals surface area contributed by atoms with Crippen LogP contribution in [0.5, 0.6) is 0 Å². The smallest absolute Gasteiger partial charge is 0.550 e. The molecule has 0 aliphatic heterocycles. The molecule has 0 aliphatic carbocycles. The Labute approximate surface area is 496 Å². The molecule has 0 saturated heterocycles. The quantitative estimate of drug-likeness (QED) is 0.0171. The molecule has 0 aromatic heterocycles. The van der Waals surface area contributed by atoms with Gasteiger partial charge in [-0.25, -0.2) is 0 Å². The molecular formula is C60H111AuO12S3. The van der Waals surface area contributed by atoms with Gasteiger partial charge >= 0.3 is 40.3 Å². The van der Waals surface area contributed by atoms with Crippen LogP contribution in [0, 0.1) is 0 Å². The summed E-state index contributed by atoms with van der Waals surface area (Å²) in [5, 5.41) is 28.3. The van der Waals surface area contributed by atoms with Gasteiger partial charge in [0, 0.05) is 37.2 Å². The fourth-order valence-electron chi connectivity index (χ4n) is 8.42. The van der Waals surface area contributed by atoms with Gasteiger partial charge in [-0.2, -0.15) is 37.9 Å². The molecule has 76 heavy (non-hydrogen) atoms. The van der Waals surface area contributed by atoms with Crippen LogP contribution in [0.15, 0.2) is 0 Å². The average Bonchev–Trinajstić information content (AvgIpc) is 3.37. The van der Waals surface area contributed by atoms with Crippen molar-refractivity contribution in [3.05, 3.63) is 0 Å². The van der Waals surface area contributed by atoms with Crippen LogP contribution in [-0.4, -0.2) is 71.4 Å². The second-order valence-corrected chi connectivity index (χ2v) is 22.4. The van der Waals surface area contributed by atoms with Crippen LogP contribution in [-0.2, 0) is 65.4 Å². The molecular weight excluding hydrogens is 1210 g/mol. The van der Waals surface area contributed by atoms with Crippen molar-refractivity contribution in [3.63, 3.8) is 0 Å². The van der Waals surface area contributed by atoms with Gasteiger partial charge in [-0.15, -0.1) is 0 Å². The van der Waals surface area contributed by atoms with Crippen LogP contribution in [0.4, 0.5) is 0 Å². The molecule has 12 nitrogen and oxygen atoms in total. The van der Waals surface area contributed by atoms with Gasteiger partial charge in [-0.3, -0.25) is 14.4 Å². The van der Waals surface area contributed by atoms with Crippen molar-refractivity contribution >= 4 is 73.7 Å². The second kappa shape index (κ2) is 66.1. The van der Waals surface area contributed by atoms with Gasteiger partial charge in [0.05, 0.1) is 19.8 Å². The van der Waals surface area contributed by atoms with E-state index in [1.807, 2.05) is 0 Å². The normalized spacial score (nSPS) is 11.9. The predicted molar refractivity (Wildman–Crippen MR) is 311 cm³/mol. The molecule has 3 unspecified atom stereocenters. The molecule has 0 saturated carbocycles. The maximum atomic E-state index is 11.4. The minimum atomic E-state index is -1.28. The Morgan fingerprint density at radius 3 is 0.539 bits per heavy atom. The van der Waals surface area contributed by atoms with Crippen molar-refractivity contribution in [3.8, 4) is 0 Å². The van der Waals surface area contributed by atoms with E-state index in [1.54, 1.807) is 0 Å². The molecule has 0 heterocycles. The van der Waals surface area contributed by atoms with Crippen LogP contribution in [0.2, 0.25) is 0 Å². The topological polar surface area (TPSA) is 199 Å². The molecule has 3 atom stereocenters. The van der Waals surface area contributed by atoms with Crippen LogP contribution >= 0.6 is 37.9 Å². The van der Waals surface area contributed by atoms with Crippen molar-refractivity contribution in [1.29, 1.82) is 0 Å². The van der Waals surface area contributed by atoms with E-state index in [0.717, 1.165) is 57.8 Å². The molecule has 0 aromatic carbocycles. The van der Waals surface area contributed by atoms with E-state index in [2.05, 4.69) is 58.7 Å². The third-order valence-corrected chi connectivity index (χ3v) is 14.3. The summed E-state index contributed by atoms with van der Waals surface area (Å²) in [7, 11) is 0. The number of hydrogen-bond donors (Lipinski definition) is 3. The van der Waals surface area contributed by atoms with E-state index in [4.69, 9.17) is 14.2 Å². The molecule has 0 rings (SSSR count). The molecule has 16 heteroatoms. The van der Waals surface area contributed by atoms with E-state index in [1.165, 1.54) is 212 Å². The fourth-order valence-corrected chi connectivity index (χ4v) is 9.09. The summed E-state index contributed by atoms with van der Waals surface area (Å²) in [6.07, 6.45) is 52.5. The van der Waals surface area contributed by atoms with E-state index in [9.17, 15) is 44.1 Å². The first-order valence-electron chi connectivity index (χ1n) is 30.4. The Bertz CT molecular complexity index is 1160. The summed E-state index contributed by atoms with van der Waals surface area (Å²) >= 11 is 11.7. The van der Waals surface area contributed by atoms with Gasteiger partial charge in [0.1, 0.15) is 15.7 Å². The van der Waals surface area contributed by atoms with Crippen LogP contribution in [0.3, 0.4) is 0 Å². The van der Waals surface area contributed by atoms with Gasteiger partial charge in [0.2, 0.25) is 0 Å². The Balaban J connectivity index is -0.000000508. The molecule has 0 fully saturated rings. The zero-order chi connectivity index (χ0) is 56.3. The third kappa shape index (κ3) is 68.7. The Hall–Kier alpha value is -1.39. The van der Waals surface area contributed by atoms with E-state index in [0.29, 0.717) is 19.8 Å². The Morgan fingerprint density at radius 2 is 0.408 bits per heavy atom. The first-order chi connectivity index (χ1) is 36.2. The van der Waals surface area contributed by atoms with Crippen LogP contribution < -0.4 is 15.3 Å². The molecule has 452 valence electrons. The van der Waals surface area contributed by atoms with Gasteiger partial charge in [0.25, 0.3) is 0 Å².